The molecule has 12 aromatic rings. The predicted octanol–water partition coefficient (Wildman–Crippen LogP) is 9.87. The van der Waals surface area contributed by atoms with Crippen molar-refractivity contribution in [2.75, 3.05) is 19.8 Å². The molecule has 6 aliphatic carbocycles. The standard InChI is InChI=1S/C15H17N3O2S.C14H19N3O2.C14H17N3.C13H18N4O3S.C13H16N4O3S.C13H17N3O3/c1-3-9-6-11(13-12(9)19-15(21)20-13)18-5-4-10-8(2)16-7-17-14(10)18;1-3-9-6-11(13(19)12(9)18)17-5-4-10-8(2)15-7-16-14(10)17;1-3-11-4-5-12(8-11)17-7-6-13-10(2)15-9-16-14(13)17;2*1-9-12-4-5-17(13(12)16-8-15-9)11-3-2-10(6-11)7-20-21(14,18)19;1-7-9-2-3-16(13(9)15-6-14-7)10-4-8(5-17)11(18)12(10)19/h4-5,7,9,11-13H,3,6H2,1-2H3;4-5,7,9,11-13,18-19H,3,6H2,1-2H3;4-7,9,11-12H,3,8H2,1-2H3;4-5,8,10-11H,2-3,6-7H2,1H3,(H2,14,18,19);2-5,8,10-11H,6-7H2,1H3,(H2,14,18,19);2-3,6,8,10-12,17-19H,4-5H2,1H3/t2*9-,11-,12-,13+;11-,12-;2*10-,11-;8-,10+,11+,12-/m110000/s1. The van der Waals surface area contributed by atoms with E-state index in [1.54, 1.807) is 31.6 Å². The molecular weight excluding hydrogens is 1570 g/mol. The Morgan fingerprint density at radius 2 is 0.754 bits per heavy atom. The molecule has 19 rings (SSSR count). The second kappa shape index (κ2) is 36.2. The molecule has 18 atom stereocenters. The molecule has 118 heavy (non-hydrogen) atoms. The van der Waals surface area contributed by atoms with Crippen molar-refractivity contribution >= 4 is 104 Å². The number of hydrogen-bond donors (Lipinski definition) is 7. The maximum absolute atomic E-state index is 10.8. The van der Waals surface area contributed by atoms with Gasteiger partial charge < -0.3 is 62.4 Å². The van der Waals surface area contributed by atoms with E-state index in [-0.39, 0.29) is 85.1 Å². The third-order valence-electron chi connectivity index (χ3n) is 24.7. The van der Waals surface area contributed by atoms with Crippen LogP contribution in [0.1, 0.15) is 162 Å². The van der Waals surface area contributed by atoms with Crippen LogP contribution in [0.2, 0.25) is 0 Å². The van der Waals surface area contributed by atoms with Crippen molar-refractivity contribution in [3.05, 3.63) is 170 Å². The van der Waals surface area contributed by atoms with Gasteiger partial charge in [-0.2, -0.15) is 16.8 Å². The van der Waals surface area contributed by atoms with Crippen molar-refractivity contribution in [2.24, 2.45) is 45.8 Å². The Hall–Kier alpha value is -9.57. The van der Waals surface area contributed by atoms with E-state index in [4.69, 9.17) is 36.2 Å². The molecule has 0 aromatic carbocycles. The summed E-state index contributed by atoms with van der Waals surface area (Å²) in [6.07, 6.45) is 37.2. The van der Waals surface area contributed by atoms with Crippen LogP contribution in [0.15, 0.2) is 136 Å². The second-order valence-electron chi connectivity index (χ2n) is 31.8. The van der Waals surface area contributed by atoms with E-state index in [9.17, 15) is 42.4 Å². The number of aryl methyl sites for hydroxylation is 6. The van der Waals surface area contributed by atoms with Gasteiger partial charge in [0.2, 0.25) is 0 Å². The van der Waals surface area contributed by atoms with E-state index in [1.807, 2.05) is 119 Å². The van der Waals surface area contributed by atoms with Crippen molar-refractivity contribution < 1.29 is 60.2 Å². The summed E-state index contributed by atoms with van der Waals surface area (Å²) in [5, 5.41) is 65.8. The highest BCUT2D eigenvalue weighted by molar-refractivity contribution is 7.84. The number of aliphatic hydroxyl groups is 5. The molecule has 0 unspecified atom stereocenters. The predicted molar refractivity (Wildman–Crippen MR) is 446 cm³/mol. The van der Waals surface area contributed by atoms with E-state index in [2.05, 4.69) is 133 Å². The lowest BCUT2D eigenvalue weighted by atomic mass is 10.0. The SMILES string of the molecule is CC[C@@H]1C[C@@H](n2ccc3c(C)ncnc32)[C@@H]2OC(=S)O[C@H]12.CC[C@@H]1C[C@@H](n2ccc3c(C)ncnc32)[C@H](O)[C@@H]1O.CC[C@H]1C=C[C@H](n2ccc3c(C)ncnc32)C1.Cc1ncnc2c1ccn2[C@@H]1C[C@@H](CO)[C@@H](O)[C@H]1O.Cc1ncnc2c1ccn2[C@H]1C=C[C@H](COS(N)(=O)=O)C1.Cc1ncnc2c1ccn2[C@H]1CC[C@H](COS(N)(=O)=O)C1. The Morgan fingerprint density at radius 3 is 1.14 bits per heavy atom. The Balaban J connectivity index is 0.000000117. The van der Waals surface area contributed by atoms with Crippen LogP contribution in [0.25, 0.3) is 66.2 Å². The molecule has 0 spiro atoms. The Kier molecular flexibility index (Phi) is 26.0. The first kappa shape index (κ1) is 84.9. The lowest BCUT2D eigenvalue weighted by Crippen LogP contribution is -2.30. The summed E-state index contributed by atoms with van der Waals surface area (Å²) >= 11 is 5.09. The van der Waals surface area contributed by atoms with Crippen molar-refractivity contribution in [1.29, 1.82) is 0 Å². The number of allylic oxidation sites excluding steroid dienone is 3. The summed E-state index contributed by atoms with van der Waals surface area (Å²) in [4.78, 5) is 51.3. The number of aliphatic hydroxyl groups excluding tert-OH is 5. The number of hydrogen-bond acceptors (Lipinski definition) is 26. The fraction of sp³-hybridized carbons (Fsp3) is 0.500. The largest absolute Gasteiger partial charge is 0.449 e. The van der Waals surface area contributed by atoms with Crippen molar-refractivity contribution in [3.63, 3.8) is 0 Å². The molecule has 7 aliphatic rings. The molecule has 33 nitrogen and oxygen atoms in total. The summed E-state index contributed by atoms with van der Waals surface area (Å²) < 4.78 is 76.7. The number of fused-ring (bicyclic) bond motifs is 7. The van der Waals surface area contributed by atoms with Gasteiger partial charge in [-0.25, -0.2) is 70.1 Å². The molecule has 1 saturated heterocycles. The highest BCUT2D eigenvalue weighted by Crippen LogP contribution is 2.46. The zero-order valence-electron chi connectivity index (χ0n) is 67.4. The molecule has 0 bridgehead atoms. The van der Waals surface area contributed by atoms with E-state index < -0.39 is 45.0 Å². The Morgan fingerprint density at radius 1 is 0.407 bits per heavy atom. The minimum atomic E-state index is -3.88. The van der Waals surface area contributed by atoms with Crippen LogP contribution in [0.5, 0.6) is 0 Å². The lowest BCUT2D eigenvalue weighted by Gasteiger charge is -2.18. The smallest absolute Gasteiger partial charge is 0.353 e. The number of thiocarbonyl (C=S) groups is 1. The van der Waals surface area contributed by atoms with Crippen molar-refractivity contribution in [1.82, 2.24) is 87.2 Å². The molecular formula is C82H104N20O13S3. The van der Waals surface area contributed by atoms with Gasteiger partial charge in [0, 0.05) is 112 Å². The first-order valence-electron chi connectivity index (χ1n) is 40.2. The van der Waals surface area contributed by atoms with Crippen LogP contribution in [0.3, 0.4) is 0 Å². The molecule has 0 radical (unpaired) electrons. The Labute approximate surface area is 689 Å². The van der Waals surface area contributed by atoms with Gasteiger partial charge in [-0.05, 0) is 160 Å². The third kappa shape index (κ3) is 18.1. The van der Waals surface area contributed by atoms with Crippen LogP contribution < -0.4 is 10.3 Å². The van der Waals surface area contributed by atoms with Gasteiger partial charge in [-0.15, -0.1) is 0 Å². The fourth-order valence-electron chi connectivity index (χ4n) is 18.0. The molecule has 13 heterocycles. The normalized spacial score (nSPS) is 27.0. The van der Waals surface area contributed by atoms with Gasteiger partial charge in [0.1, 0.15) is 90.2 Å². The second-order valence-corrected chi connectivity index (χ2v) is 34.5. The van der Waals surface area contributed by atoms with E-state index in [1.165, 1.54) is 24.6 Å². The summed E-state index contributed by atoms with van der Waals surface area (Å²) in [5.41, 5.74) is 11.2. The average Bonchev–Trinajstić information content (AvgIpc) is 1.59. The maximum atomic E-state index is 10.8. The first-order chi connectivity index (χ1) is 56.6. The number of rotatable bonds is 16. The number of aromatic nitrogens is 18. The minimum absolute atomic E-state index is 0.00618. The monoisotopic (exact) mass is 1670 g/mol. The van der Waals surface area contributed by atoms with Crippen LogP contribution in [0.4, 0.5) is 0 Å². The summed E-state index contributed by atoms with van der Waals surface area (Å²) in [6, 6.07) is 12.9. The van der Waals surface area contributed by atoms with Crippen molar-refractivity contribution in [2.45, 2.75) is 206 Å². The summed E-state index contributed by atoms with van der Waals surface area (Å²) in [5.74, 6) is 1.28. The van der Waals surface area contributed by atoms with Gasteiger partial charge in [-0.3, -0.25) is 8.37 Å². The Bertz CT molecular complexity index is 5740. The molecule has 628 valence electrons. The van der Waals surface area contributed by atoms with E-state index >= 15 is 0 Å². The van der Waals surface area contributed by atoms with Gasteiger partial charge in [0.25, 0.3) is 0 Å². The zero-order valence-corrected chi connectivity index (χ0v) is 69.9. The number of nitrogens with zero attached hydrogens (tertiary/aromatic N) is 18. The molecule has 12 aromatic heterocycles. The highest BCUT2D eigenvalue weighted by atomic mass is 32.2. The highest BCUT2D eigenvalue weighted by Gasteiger charge is 2.52. The van der Waals surface area contributed by atoms with Crippen LogP contribution in [-0.2, 0) is 38.4 Å². The minimum Gasteiger partial charge on any atom is -0.449 e. The van der Waals surface area contributed by atoms with Crippen molar-refractivity contribution in [3.8, 4) is 0 Å². The van der Waals surface area contributed by atoms with Gasteiger partial charge in [0.05, 0.1) is 89.8 Å². The molecule has 4 saturated carbocycles. The number of nitrogens with two attached hydrogens (primary N) is 2. The molecule has 9 N–H and O–H groups in total. The lowest BCUT2D eigenvalue weighted by molar-refractivity contribution is -0.00365. The summed E-state index contributed by atoms with van der Waals surface area (Å²) in [6.45, 7) is 18.4. The van der Waals surface area contributed by atoms with Gasteiger partial charge in [0.15, 0.2) is 6.10 Å². The molecule has 1 aliphatic heterocycles. The molecule has 36 heteroatoms. The van der Waals surface area contributed by atoms with E-state index in [0.29, 0.717) is 24.4 Å². The van der Waals surface area contributed by atoms with Crippen LogP contribution in [-0.4, -0.2) is 191 Å². The fourth-order valence-corrected chi connectivity index (χ4v) is 19.0. The van der Waals surface area contributed by atoms with Gasteiger partial charge >= 0.3 is 25.8 Å². The molecule has 0 amide bonds. The first-order valence-corrected chi connectivity index (χ1v) is 43.6. The van der Waals surface area contributed by atoms with Crippen LogP contribution >= 0.6 is 12.2 Å². The third-order valence-corrected chi connectivity index (χ3v) is 25.8. The average molecular weight is 1670 g/mol. The van der Waals surface area contributed by atoms with Crippen LogP contribution in [0, 0.1) is 77.0 Å². The molecule has 5 fully saturated rings. The number of ether oxygens (including phenoxy) is 2. The quantitative estimate of drug-likeness (QED) is 0.0349. The maximum Gasteiger partial charge on any atom is 0.353 e. The van der Waals surface area contributed by atoms with Gasteiger partial charge in [-0.1, -0.05) is 51.5 Å². The van der Waals surface area contributed by atoms with E-state index in [0.717, 1.165) is 152 Å². The zero-order chi connectivity index (χ0) is 83.6. The summed E-state index contributed by atoms with van der Waals surface area (Å²) in [7, 11) is -7.74. The topological polar surface area (TPSA) is 443 Å².